The van der Waals surface area contributed by atoms with Gasteiger partial charge in [0, 0.05) is 6.42 Å². The van der Waals surface area contributed by atoms with Crippen LogP contribution in [0, 0.1) is 0 Å². The molecule has 3 heteroatoms. The smallest absolute Gasteiger partial charge is 0.311 e. The highest BCUT2D eigenvalue weighted by atomic mass is 16.6. The van der Waals surface area contributed by atoms with Crippen molar-refractivity contribution in [3.05, 3.63) is 59.7 Å². The van der Waals surface area contributed by atoms with Crippen LogP contribution in [0.2, 0.25) is 0 Å². The maximum atomic E-state index is 11.5. The number of carbonyl (C=O) groups excluding carboxylic acids is 1. The number of ether oxygens (including phenoxy) is 2. The maximum Gasteiger partial charge on any atom is 0.311 e. The van der Waals surface area contributed by atoms with Crippen molar-refractivity contribution >= 4 is 5.97 Å². The van der Waals surface area contributed by atoms with E-state index in [0.717, 1.165) is 17.5 Å². The molecule has 2 aromatic rings. The number of carbonyl (C=O) groups is 1. The number of esters is 1. The van der Waals surface area contributed by atoms with Crippen LogP contribution in [0.1, 0.15) is 31.4 Å². The van der Waals surface area contributed by atoms with Crippen LogP contribution in [0.15, 0.2) is 48.5 Å². The third-order valence-electron chi connectivity index (χ3n) is 3.17. The van der Waals surface area contributed by atoms with E-state index in [0.29, 0.717) is 24.5 Å². The van der Waals surface area contributed by atoms with Crippen molar-refractivity contribution in [1.82, 2.24) is 0 Å². The molecule has 110 valence electrons. The third-order valence-corrected chi connectivity index (χ3v) is 3.17. The summed E-state index contributed by atoms with van der Waals surface area (Å²) in [4.78, 5) is 11.5. The highest BCUT2D eigenvalue weighted by Crippen LogP contribution is 2.29. The van der Waals surface area contributed by atoms with Gasteiger partial charge in [-0.25, -0.2) is 0 Å². The number of aryl methyl sites for hydroxylation is 1. The quantitative estimate of drug-likeness (QED) is 0.590. The van der Waals surface area contributed by atoms with Crippen molar-refractivity contribution in [1.29, 1.82) is 0 Å². The molecule has 0 saturated carbocycles. The summed E-state index contributed by atoms with van der Waals surface area (Å²) >= 11 is 0. The van der Waals surface area contributed by atoms with Crippen molar-refractivity contribution in [3.63, 3.8) is 0 Å². The van der Waals surface area contributed by atoms with Gasteiger partial charge < -0.3 is 9.47 Å². The molecule has 0 aliphatic heterocycles. The monoisotopic (exact) mass is 284 g/mol. The summed E-state index contributed by atoms with van der Waals surface area (Å²) in [6, 6.07) is 15.6. The van der Waals surface area contributed by atoms with E-state index in [2.05, 4.69) is 6.92 Å². The first-order valence-electron chi connectivity index (χ1n) is 7.23. The fraction of sp³-hybridized carbons (Fsp3) is 0.278. The van der Waals surface area contributed by atoms with Crippen molar-refractivity contribution in [2.75, 3.05) is 0 Å². The van der Waals surface area contributed by atoms with Gasteiger partial charge in [0.2, 0.25) is 0 Å². The van der Waals surface area contributed by atoms with E-state index in [4.69, 9.17) is 9.47 Å². The van der Waals surface area contributed by atoms with Crippen molar-refractivity contribution in [2.24, 2.45) is 0 Å². The molecule has 3 nitrogen and oxygen atoms in total. The highest BCUT2D eigenvalue weighted by molar-refractivity contribution is 5.72. The lowest BCUT2D eigenvalue weighted by Crippen LogP contribution is -2.07. The van der Waals surface area contributed by atoms with Crippen LogP contribution in [0.3, 0.4) is 0 Å². The molecule has 0 heterocycles. The first-order valence-corrected chi connectivity index (χ1v) is 7.23. The van der Waals surface area contributed by atoms with E-state index in [1.165, 1.54) is 0 Å². The molecule has 0 radical (unpaired) electrons. The predicted octanol–water partition coefficient (Wildman–Crippen LogP) is 4.14. The second kappa shape index (κ2) is 7.48. The SMILES string of the molecule is CCC(=O)Oc1ccc(CC)cc1OCc1ccccc1. The van der Waals surface area contributed by atoms with Gasteiger partial charge in [-0.15, -0.1) is 0 Å². The highest BCUT2D eigenvalue weighted by Gasteiger charge is 2.10. The molecule has 0 saturated heterocycles. The Morgan fingerprint density at radius 2 is 1.71 bits per heavy atom. The summed E-state index contributed by atoms with van der Waals surface area (Å²) in [5.41, 5.74) is 2.22. The Labute approximate surface area is 125 Å². The van der Waals surface area contributed by atoms with Crippen molar-refractivity contribution < 1.29 is 14.3 Å². The van der Waals surface area contributed by atoms with Gasteiger partial charge in [-0.2, -0.15) is 0 Å². The second-order valence-corrected chi connectivity index (χ2v) is 4.74. The zero-order chi connectivity index (χ0) is 15.1. The number of hydrogen-bond donors (Lipinski definition) is 0. The van der Waals surface area contributed by atoms with Crippen molar-refractivity contribution in [3.8, 4) is 11.5 Å². The molecular weight excluding hydrogens is 264 g/mol. The van der Waals surface area contributed by atoms with E-state index in [-0.39, 0.29) is 5.97 Å². The molecular formula is C18H20O3. The van der Waals surface area contributed by atoms with E-state index in [9.17, 15) is 4.79 Å². The van der Waals surface area contributed by atoms with Crippen LogP contribution >= 0.6 is 0 Å². The molecule has 0 bridgehead atoms. The van der Waals surface area contributed by atoms with Gasteiger partial charge in [0.05, 0.1) is 0 Å². The number of rotatable bonds is 6. The van der Waals surface area contributed by atoms with Crippen LogP contribution in [0.4, 0.5) is 0 Å². The van der Waals surface area contributed by atoms with Crippen LogP contribution in [-0.2, 0) is 17.8 Å². The number of benzene rings is 2. The van der Waals surface area contributed by atoms with E-state index >= 15 is 0 Å². The summed E-state index contributed by atoms with van der Waals surface area (Å²) < 4.78 is 11.2. The average Bonchev–Trinajstić information content (AvgIpc) is 2.54. The second-order valence-electron chi connectivity index (χ2n) is 4.74. The zero-order valence-electron chi connectivity index (χ0n) is 12.5. The molecule has 0 fully saturated rings. The summed E-state index contributed by atoms with van der Waals surface area (Å²) in [6.07, 6.45) is 1.25. The Hall–Kier alpha value is -2.29. The molecule has 0 aliphatic rings. The lowest BCUT2D eigenvalue weighted by atomic mass is 10.1. The van der Waals surface area contributed by atoms with Gasteiger partial charge in [-0.05, 0) is 29.7 Å². The largest absolute Gasteiger partial charge is 0.485 e. The minimum Gasteiger partial charge on any atom is -0.485 e. The van der Waals surface area contributed by atoms with Crippen LogP contribution < -0.4 is 9.47 Å². The van der Waals surface area contributed by atoms with E-state index < -0.39 is 0 Å². The molecule has 0 aliphatic carbocycles. The Morgan fingerprint density at radius 3 is 2.38 bits per heavy atom. The lowest BCUT2D eigenvalue weighted by Gasteiger charge is -2.13. The molecule has 0 aromatic heterocycles. The summed E-state index contributed by atoms with van der Waals surface area (Å²) in [5.74, 6) is 0.832. The van der Waals surface area contributed by atoms with Gasteiger partial charge in [0.15, 0.2) is 11.5 Å². The molecule has 0 N–H and O–H groups in total. The molecule has 0 amide bonds. The summed E-state index contributed by atoms with van der Waals surface area (Å²) in [7, 11) is 0. The van der Waals surface area contributed by atoms with E-state index in [1.54, 1.807) is 13.0 Å². The Kier molecular flexibility index (Phi) is 5.38. The van der Waals surface area contributed by atoms with Gasteiger partial charge in [0.1, 0.15) is 6.61 Å². The van der Waals surface area contributed by atoms with Crippen LogP contribution in [0.25, 0.3) is 0 Å². The summed E-state index contributed by atoms with van der Waals surface area (Å²) in [5, 5.41) is 0. The molecule has 2 aromatic carbocycles. The minimum atomic E-state index is -0.260. The summed E-state index contributed by atoms with van der Waals surface area (Å²) in [6.45, 7) is 4.30. The van der Waals surface area contributed by atoms with Gasteiger partial charge in [-0.1, -0.05) is 50.2 Å². The average molecular weight is 284 g/mol. The zero-order valence-corrected chi connectivity index (χ0v) is 12.5. The topological polar surface area (TPSA) is 35.5 Å². The van der Waals surface area contributed by atoms with E-state index in [1.807, 2.05) is 42.5 Å². The first kappa shape index (κ1) is 15.1. The van der Waals surface area contributed by atoms with Crippen LogP contribution in [0.5, 0.6) is 11.5 Å². The molecule has 0 atom stereocenters. The Bertz CT molecular complexity index is 591. The third kappa shape index (κ3) is 4.35. The first-order chi connectivity index (χ1) is 10.2. The Balaban J connectivity index is 2.16. The van der Waals surface area contributed by atoms with Gasteiger partial charge in [0.25, 0.3) is 0 Å². The minimum absolute atomic E-state index is 0.260. The Morgan fingerprint density at radius 1 is 0.952 bits per heavy atom. The fourth-order valence-electron chi connectivity index (χ4n) is 1.90. The van der Waals surface area contributed by atoms with Gasteiger partial charge >= 0.3 is 5.97 Å². The van der Waals surface area contributed by atoms with Crippen molar-refractivity contribution in [2.45, 2.75) is 33.3 Å². The van der Waals surface area contributed by atoms with Crippen LogP contribution in [-0.4, -0.2) is 5.97 Å². The normalized spacial score (nSPS) is 10.2. The fourth-order valence-corrected chi connectivity index (χ4v) is 1.90. The predicted molar refractivity (Wildman–Crippen MR) is 82.5 cm³/mol. The molecule has 0 spiro atoms. The van der Waals surface area contributed by atoms with Gasteiger partial charge in [-0.3, -0.25) is 4.79 Å². The molecule has 21 heavy (non-hydrogen) atoms. The number of hydrogen-bond acceptors (Lipinski definition) is 3. The molecule has 0 unspecified atom stereocenters. The molecule has 2 rings (SSSR count). The standard InChI is InChI=1S/C18H20O3/c1-3-14-10-11-16(21-18(19)4-2)17(12-14)20-13-15-8-6-5-7-9-15/h5-12H,3-4,13H2,1-2H3. The maximum absolute atomic E-state index is 11.5. The lowest BCUT2D eigenvalue weighted by molar-refractivity contribution is -0.134.